The lowest BCUT2D eigenvalue weighted by molar-refractivity contribution is 0.415. The van der Waals surface area contributed by atoms with Gasteiger partial charge in [-0.1, -0.05) is 12.1 Å². The van der Waals surface area contributed by atoms with Crippen LogP contribution in [0.4, 0.5) is 5.13 Å². The van der Waals surface area contributed by atoms with Crippen LogP contribution >= 0.6 is 33.9 Å². The Kier molecular flexibility index (Phi) is 5.24. The Morgan fingerprint density at radius 1 is 1.13 bits per heavy atom. The van der Waals surface area contributed by atoms with E-state index in [0.29, 0.717) is 0 Å². The summed E-state index contributed by atoms with van der Waals surface area (Å²) in [5.41, 5.74) is 6.02. The molecule has 1 heterocycles. The summed E-state index contributed by atoms with van der Waals surface area (Å²) >= 11 is 3.82. The van der Waals surface area contributed by atoms with Crippen molar-refractivity contribution in [2.75, 3.05) is 12.5 Å². The lowest BCUT2D eigenvalue weighted by Gasteiger charge is -1.99. The fraction of sp³-hybridized carbons (Fsp3) is 0.0588. The highest BCUT2D eigenvalue weighted by Crippen LogP contribution is 2.25. The van der Waals surface area contributed by atoms with E-state index in [0.717, 1.165) is 27.7 Å². The molecule has 0 bridgehead atoms. The van der Waals surface area contributed by atoms with E-state index in [1.165, 1.54) is 14.9 Å². The molecular formula is C17H14IN3OS. The summed E-state index contributed by atoms with van der Waals surface area (Å²) in [4.78, 5) is 4.54. The minimum absolute atomic E-state index is 0.767. The lowest BCUT2D eigenvalue weighted by atomic mass is 10.2. The maximum atomic E-state index is 5.13. The number of rotatable bonds is 5. The van der Waals surface area contributed by atoms with Crippen molar-refractivity contribution in [3.8, 4) is 17.0 Å². The van der Waals surface area contributed by atoms with Crippen molar-refractivity contribution in [2.45, 2.75) is 0 Å². The molecule has 1 N–H and O–H groups in total. The van der Waals surface area contributed by atoms with Crippen LogP contribution in [0.3, 0.4) is 0 Å². The third-order valence-electron chi connectivity index (χ3n) is 3.13. The molecule has 0 radical (unpaired) electrons. The first-order valence-electron chi connectivity index (χ1n) is 6.89. The van der Waals surface area contributed by atoms with E-state index in [9.17, 15) is 0 Å². The zero-order valence-electron chi connectivity index (χ0n) is 12.4. The number of anilines is 1. The SMILES string of the molecule is COc1ccc(/C=N/Nc2nc(-c3ccc(I)cc3)cs2)cc1. The fourth-order valence-corrected chi connectivity index (χ4v) is 2.96. The van der Waals surface area contributed by atoms with Crippen molar-refractivity contribution >= 4 is 45.3 Å². The average Bonchev–Trinajstić information content (AvgIpc) is 3.05. The van der Waals surface area contributed by atoms with Crippen LogP contribution in [0.5, 0.6) is 5.75 Å². The molecule has 2 aromatic carbocycles. The highest BCUT2D eigenvalue weighted by atomic mass is 127. The van der Waals surface area contributed by atoms with Gasteiger partial charge in [0.2, 0.25) is 5.13 Å². The monoisotopic (exact) mass is 435 g/mol. The van der Waals surface area contributed by atoms with E-state index in [1.54, 1.807) is 13.3 Å². The molecule has 0 atom stereocenters. The molecule has 3 rings (SSSR count). The Labute approximate surface area is 152 Å². The number of hydrogen-bond donors (Lipinski definition) is 1. The molecule has 0 aliphatic heterocycles. The summed E-state index contributed by atoms with van der Waals surface area (Å²) < 4.78 is 6.34. The van der Waals surface area contributed by atoms with E-state index in [1.807, 2.05) is 29.6 Å². The van der Waals surface area contributed by atoms with Crippen LogP contribution in [-0.2, 0) is 0 Å². The molecule has 23 heavy (non-hydrogen) atoms. The van der Waals surface area contributed by atoms with Crippen LogP contribution < -0.4 is 10.2 Å². The number of ether oxygens (including phenoxy) is 1. The summed E-state index contributed by atoms with van der Waals surface area (Å²) in [5.74, 6) is 0.831. The predicted octanol–water partition coefficient (Wildman–Crippen LogP) is 4.87. The number of nitrogens with one attached hydrogen (secondary N) is 1. The smallest absolute Gasteiger partial charge is 0.203 e. The van der Waals surface area contributed by atoms with E-state index in [4.69, 9.17) is 4.74 Å². The van der Waals surface area contributed by atoms with Crippen LogP contribution in [0.25, 0.3) is 11.3 Å². The summed E-state index contributed by atoms with van der Waals surface area (Å²) in [6.07, 6.45) is 1.76. The second kappa shape index (κ2) is 7.56. The molecule has 6 heteroatoms. The molecule has 116 valence electrons. The highest BCUT2D eigenvalue weighted by Gasteiger charge is 2.03. The van der Waals surface area contributed by atoms with Gasteiger partial charge in [0.1, 0.15) is 5.75 Å². The number of aromatic nitrogens is 1. The minimum atomic E-state index is 0.767. The van der Waals surface area contributed by atoms with Gasteiger partial charge in [0, 0.05) is 14.5 Å². The van der Waals surface area contributed by atoms with Gasteiger partial charge in [0.05, 0.1) is 19.0 Å². The second-order valence-electron chi connectivity index (χ2n) is 4.69. The first kappa shape index (κ1) is 15.9. The largest absolute Gasteiger partial charge is 0.497 e. The minimum Gasteiger partial charge on any atom is -0.497 e. The van der Waals surface area contributed by atoms with Crippen LogP contribution in [0.2, 0.25) is 0 Å². The quantitative estimate of drug-likeness (QED) is 0.354. The standard InChI is InChI=1S/C17H14IN3OS/c1-22-15-8-2-12(3-9-15)10-19-21-17-20-16(11-23-17)13-4-6-14(18)7-5-13/h2-11H,1H3,(H,20,21)/b19-10+. The van der Waals surface area contributed by atoms with Crippen molar-refractivity contribution < 1.29 is 4.74 Å². The first-order valence-corrected chi connectivity index (χ1v) is 8.85. The van der Waals surface area contributed by atoms with Crippen molar-refractivity contribution in [1.82, 2.24) is 4.98 Å². The summed E-state index contributed by atoms with van der Waals surface area (Å²) in [6.45, 7) is 0. The summed E-state index contributed by atoms with van der Waals surface area (Å²) in [6, 6.07) is 16.0. The lowest BCUT2D eigenvalue weighted by Crippen LogP contribution is -1.90. The molecule has 0 aliphatic carbocycles. The van der Waals surface area contributed by atoms with Gasteiger partial charge in [0.15, 0.2) is 0 Å². The second-order valence-corrected chi connectivity index (χ2v) is 6.79. The van der Waals surface area contributed by atoms with Gasteiger partial charge in [-0.25, -0.2) is 4.98 Å². The number of benzene rings is 2. The molecule has 0 spiro atoms. The molecule has 0 aliphatic rings. The van der Waals surface area contributed by atoms with Gasteiger partial charge in [-0.15, -0.1) is 11.3 Å². The zero-order valence-corrected chi connectivity index (χ0v) is 15.3. The van der Waals surface area contributed by atoms with E-state index in [-0.39, 0.29) is 0 Å². The van der Waals surface area contributed by atoms with Crippen molar-refractivity contribution in [1.29, 1.82) is 0 Å². The highest BCUT2D eigenvalue weighted by molar-refractivity contribution is 14.1. The van der Waals surface area contributed by atoms with Gasteiger partial charge in [-0.2, -0.15) is 5.10 Å². The van der Waals surface area contributed by atoms with Crippen LogP contribution in [0.15, 0.2) is 59.0 Å². The summed E-state index contributed by atoms with van der Waals surface area (Å²) in [7, 11) is 1.65. The molecule has 4 nitrogen and oxygen atoms in total. The maximum Gasteiger partial charge on any atom is 0.203 e. The average molecular weight is 435 g/mol. The van der Waals surface area contributed by atoms with E-state index < -0.39 is 0 Å². The van der Waals surface area contributed by atoms with E-state index in [2.05, 4.69) is 62.4 Å². The van der Waals surface area contributed by atoms with Crippen LogP contribution in [-0.4, -0.2) is 18.3 Å². The molecule has 0 amide bonds. The number of hydrazone groups is 1. The number of nitrogens with zero attached hydrogens (tertiary/aromatic N) is 2. The first-order chi connectivity index (χ1) is 11.2. The topological polar surface area (TPSA) is 46.5 Å². The van der Waals surface area contributed by atoms with Crippen molar-refractivity contribution in [3.05, 3.63) is 63.0 Å². The Morgan fingerprint density at radius 2 is 1.87 bits per heavy atom. The van der Waals surface area contributed by atoms with Gasteiger partial charge in [-0.3, -0.25) is 5.43 Å². The summed E-state index contributed by atoms with van der Waals surface area (Å²) in [5, 5.41) is 7.01. The van der Waals surface area contributed by atoms with Gasteiger partial charge in [0.25, 0.3) is 0 Å². The number of halogens is 1. The van der Waals surface area contributed by atoms with Crippen molar-refractivity contribution in [3.63, 3.8) is 0 Å². The number of methoxy groups -OCH3 is 1. The van der Waals surface area contributed by atoms with E-state index >= 15 is 0 Å². The molecule has 1 aromatic heterocycles. The normalized spacial score (nSPS) is 10.9. The number of hydrogen-bond acceptors (Lipinski definition) is 5. The Bertz CT molecular complexity index is 797. The molecule has 3 aromatic rings. The number of thiazole rings is 1. The maximum absolute atomic E-state index is 5.13. The third-order valence-corrected chi connectivity index (χ3v) is 4.60. The molecule has 0 unspecified atom stereocenters. The van der Waals surface area contributed by atoms with Crippen LogP contribution in [0, 0.1) is 3.57 Å². The predicted molar refractivity (Wildman–Crippen MR) is 104 cm³/mol. The molecular weight excluding hydrogens is 421 g/mol. The van der Waals surface area contributed by atoms with Gasteiger partial charge < -0.3 is 4.74 Å². The molecule has 0 saturated carbocycles. The fourth-order valence-electron chi connectivity index (χ4n) is 1.93. The Hall–Kier alpha value is -1.93. The zero-order chi connectivity index (χ0) is 16.1. The Balaban J connectivity index is 1.64. The molecule has 0 saturated heterocycles. The Morgan fingerprint density at radius 3 is 2.57 bits per heavy atom. The van der Waals surface area contributed by atoms with Gasteiger partial charge >= 0.3 is 0 Å². The van der Waals surface area contributed by atoms with Crippen LogP contribution in [0.1, 0.15) is 5.56 Å². The van der Waals surface area contributed by atoms with Crippen molar-refractivity contribution in [2.24, 2.45) is 5.10 Å². The third kappa shape index (κ3) is 4.29. The van der Waals surface area contributed by atoms with Gasteiger partial charge in [-0.05, 0) is 64.6 Å². The molecule has 0 fully saturated rings.